The lowest BCUT2D eigenvalue weighted by Gasteiger charge is -2.05. The Kier molecular flexibility index (Phi) is 8.69. The second kappa shape index (κ2) is 9.66. The molecule has 0 aliphatic carbocycles. The van der Waals surface area contributed by atoms with Crippen molar-refractivity contribution in [2.75, 3.05) is 7.11 Å². The van der Waals surface area contributed by atoms with Crippen LogP contribution in [0.5, 0.6) is 0 Å². The summed E-state index contributed by atoms with van der Waals surface area (Å²) in [6.45, 7) is 7.29. The van der Waals surface area contributed by atoms with Crippen molar-refractivity contribution in [3.63, 3.8) is 0 Å². The fourth-order valence-electron chi connectivity index (χ4n) is 1.38. The molecule has 0 unspecified atom stereocenters. The average Bonchev–Trinajstić information content (AvgIpc) is 2.95. The van der Waals surface area contributed by atoms with Gasteiger partial charge in [-0.25, -0.2) is 9.78 Å². The number of aryl methyl sites for hydroxylation is 2. The van der Waals surface area contributed by atoms with Gasteiger partial charge in [0.05, 0.1) is 18.9 Å². The molecule has 0 saturated carbocycles. The molecule has 7 heteroatoms. The summed E-state index contributed by atoms with van der Waals surface area (Å²) in [7, 11) is 1.29. The highest BCUT2D eigenvalue weighted by Crippen LogP contribution is 2.29. The molecular weight excluding hydrogens is 311 g/mol. The molecule has 1 aromatic carbocycles. The van der Waals surface area contributed by atoms with E-state index < -0.39 is 17.7 Å². The third-order valence-electron chi connectivity index (χ3n) is 2.35. The van der Waals surface area contributed by atoms with E-state index in [2.05, 4.69) is 9.72 Å². The Balaban J connectivity index is 0.000000381. The van der Waals surface area contributed by atoms with Gasteiger partial charge in [-0.3, -0.25) is 0 Å². The number of hydrogen-bond acceptors (Lipinski definition) is 4. The van der Waals surface area contributed by atoms with Gasteiger partial charge in [0.25, 0.3) is 0 Å². The van der Waals surface area contributed by atoms with Crippen LogP contribution in [0.4, 0.5) is 13.2 Å². The Morgan fingerprint density at radius 3 is 2.17 bits per heavy atom. The minimum absolute atomic E-state index is 0.139. The van der Waals surface area contributed by atoms with Gasteiger partial charge in [0.15, 0.2) is 5.89 Å². The lowest BCUT2D eigenvalue weighted by atomic mass is 10.1. The number of alkyl halides is 3. The molecule has 2 rings (SSSR count). The van der Waals surface area contributed by atoms with Gasteiger partial charge in [0.1, 0.15) is 0 Å². The highest BCUT2D eigenvalue weighted by atomic mass is 19.4. The maximum absolute atomic E-state index is 12.0. The molecule has 0 spiro atoms. The van der Waals surface area contributed by atoms with Crippen LogP contribution in [0.3, 0.4) is 0 Å². The Morgan fingerprint density at radius 1 is 1.22 bits per heavy atom. The molecule has 0 amide bonds. The smallest absolute Gasteiger partial charge is 0.416 e. The molecule has 0 N–H and O–H groups in total. The lowest BCUT2D eigenvalue weighted by molar-refractivity contribution is -0.137. The van der Waals surface area contributed by atoms with Gasteiger partial charge >= 0.3 is 12.1 Å². The van der Waals surface area contributed by atoms with Crippen molar-refractivity contribution in [2.45, 2.75) is 33.9 Å². The number of carbonyl (C=O) groups is 1. The fraction of sp³-hybridized carbons (Fsp3) is 0.375. The highest BCUT2D eigenvalue weighted by Gasteiger charge is 2.29. The molecule has 1 heterocycles. The summed E-state index contributed by atoms with van der Waals surface area (Å²) < 4.78 is 45.1. The molecule has 0 radical (unpaired) electrons. The third-order valence-corrected chi connectivity index (χ3v) is 2.35. The SMILES string of the molecule is CC.COC(=O)c1cnc(C)o1.Cc1cccc(C(F)(F)F)c1. The van der Waals surface area contributed by atoms with Crippen molar-refractivity contribution in [3.05, 3.63) is 53.2 Å². The van der Waals surface area contributed by atoms with Crippen LogP contribution in [0, 0.1) is 13.8 Å². The van der Waals surface area contributed by atoms with Crippen molar-refractivity contribution in [1.29, 1.82) is 0 Å². The number of hydrogen-bond donors (Lipinski definition) is 0. The van der Waals surface area contributed by atoms with Crippen molar-refractivity contribution in [3.8, 4) is 0 Å². The van der Waals surface area contributed by atoms with E-state index in [0.717, 1.165) is 12.1 Å². The van der Waals surface area contributed by atoms with Crippen molar-refractivity contribution >= 4 is 5.97 Å². The first kappa shape index (κ1) is 20.7. The van der Waals surface area contributed by atoms with Crippen LogP contribution in [-0.2, 0) is 10.9 Å². The number of carbonyl (C=O) groups excluding carboxylic acids is 1. The normalized spacial score (nSPS) is 9.91. The number of oxazole rings is 1. The van der Waals surface area contributed by atoms with E-state index in [-0.39, 0.29) is 5.76 Å². The molecule has 0 saturated heterocycles. The molecule has 128 valence electrons. The van der Waals surface area contributed by atoms with Crippen molar-refractivity contribution in [1.82, 2.24) is 4.98 Å². The molecule has 0 aliphatic heterocycles. The second-order valence-corrected chi connectivity index (χ2v) is 4.10. The minimum atomic E-state index is -4.22. The molecule has 2 aromatic rings. The fourth-order valence-corrected chi connectivity index (χ4v) is 1.38. The number of methoxy groups -OCH3 is 1. The molecule has 0 bridgehead atoms. The van der Waals surface area contributed by atoms with Crippen molar-refractivity contribution < 1.29 is 27.1 Å². The minimum Gasteiger partial charge on any atom is -0.463 e. The number of ether oxygens (including phenoxy) is 1. The van der Waals surface area contributed by atoms with Gasteiger partial charge in [-0.1, -0.05) is 37.6 Å². The molecule has 23 heavy (non-hydrogen) atoms. The predicted octanol–water partition coefficient (Wildman–Crippen LogP) is 4.81. The summed E-state index contributed by atoms with van der Waals surface area (Å²) in [6, 6.07) is 5.22. The van der Waals surface area contributed by atoms with E-state index in [9.17, 15) is 18.0 Å². The summed E-state index contributed by atoms with van der Waals surface area (Å²) in [5.74, 6) is 0.0981. The Morgan fingerprint density at radius 2 is 1.83 bits per heavy atom. The zero-order chi connectivity index (χ0) is 18.0. The number of rotatable bonds is 1. The van der Waals surface area contributed by atoms with E-state index in [1.54, 1.807) is 19.9 Å². The van der Waals surface area contributed by atoms with Crippen molar-refractivity contribution in [2.24, 2.45) is 0 Å². The number of benzene rings is 1. The van der Waals surface area contributed by atoms with Crippen LogP contribution >= 0.6 is 0 Å². The van der Waals surface area contributed by atoms with Crippen LogP contribution in [0.15, 0.2) is 34.9 Å². The van der Waals surface area contributed by atoms with Crippen LogP contribution in [0.1, 0.15) is 41.4 Å². The number of halogens is 3. The average molecular weight is 331 g/mol. The molecule has 4 nitrogen and oxygen atoms in total. The largest absolute Gasteiger partial charge is 0.463 e. The summed E-state index contributed by atoms with van der Waals surface area (Å²) in [6.07, 6.45) is -2.88. The summed E-state index contributed by atoms with van der Waals surface area (Å²) in [5.41, 5.74) is 0.0392. The standard InChI is InChI=1S/C8H7F3.C6H7NO3.C2H6/c1-6-3-2-4-7(5-6)8(9,10)11;1-4-7-3-5(10-4)6(8)9-2;1-2/h2-5H,1H3;3H,1-2H3;1-2H3. The molecule has 0 aliphatic rings. The Hall–Kier alpha value is -2.31. The topological polar surface area (TPSA) is 52.3 Å². The number of esters is 1. The predicted molar refractivity (Wildman–Crippen MR) is 80.1 cm³/mol. The molecule has 1 aromatic heterocycles. The Labute approximate surface area is 133 Å². The summed E-state index contributed by atoms with van der Waals surface area (Å²) in [4.78, 5) is 14.4. The van der Waals surface area contributed by atoms with Gasteiger partial charge in [-0.15, -0.1) is 0 Å². The summed E-state index contributed by atoms with van der Waals surface area (Å²) in [5, 5.41) is 0. The van der Waals surface area contributed by atoms with E-state index in [1.165, 1.54) is 19.4 Å². The maximum Gasteiger partial charge on any atom is 0.416 e. The van der Waals surface area contributed by atoms with Crippen LogP contribution in [-0.4, -0.2) is 18.1 Å². The quantitative estimate of drug-likeness (QED) is 0.704. The van der Waals surface area contributed by atoms with Crippen LogP contribution in [0.2, 0.25) is 0 Å². The molecular formula is C16H20F3NO3. The first-order valence-electron chi connectivity index (χ1n) is 6.88. The zero-order valence-corrected chi connectivity index (χ0v) is 13.7. The van der Waals surface area contributed by atoms with Gasteiger partial charge < -0.3 is 9.15 Å². The van der Waals surface area contributed by atoms with Gasteiger partial charge in [0.2, 0.25) is 5.76 Å². The summed E-state index contributed by atoms with van der Waals surface area (Å²) >= 11 is 0. The monoisotopic (exact) mass is 331 g/mol. The highest BCUT2D eigenvalue weighted by molar-refractivity contribution is 5.85. The van der Waals surface area contributed by atoms with Crippen LogP contribution in [0.25, 0.3) is 0 Å². The lowest BCUT2D eigenvalue weighted by Crippen LogP contribution is -2.04. The van der Waals surface area contributed by atoms with Crippen LogP contribution < -0.4 is 0 Å². The Bertz CT molecular complexity index is 607. The zero-order valence-electron chi connectivity index (χ0n) is 13.7. The molecule has 0 atom stereocenters. The van der Waals surface area contributed by atoms with Gasteiger partial charge in [-0.05, 0) is 13.0 Å². The number of aromatic nitrogens is 1. The van der Waals surface area contributed by atoms with Gasteiger partial charge in [0, 0.05) is 6.92 Å². The van der Waals surface area contributed by atoms with E-state index in [1.807, 2.05) is 13.8 Å². The third kappa shape index (κ3) is 7.49. The van der Waals surface area contributed by atoms with E-state index >= 15 is 0 Å². The number of nitrogens with zero attached hydrogens (tertiary/aromatic N) is 1. The van der Waals surface area contributed by atoms with E-state index in [4.69, 9.17) is 4.42 Å². The second-order valence-electron chi connectivity index (χ2n) is 4.10. The van der Waals surface area contributed by atoms with E-state index in [0.29, 0.717) is 11.5 Å². The van der Waals surface area contributed by atoms with Gasteiger partial charge in [-0.2, -0.15) is 13.2 Å². The molecule has 0 fully saturated rings. The maximum atomic E-state index is 12.0. The first-order chi connectivity index (χ1) is 10.7. The first-order valence-corrected chi connectivity index (χ1v) is 6.88.